The Morgan fingerprint density at radius 2 is 1.81 bits per heavy atom. The first-order chi connectivity index (χ1) is 9.86. The van der Waals surface area contributed by atoms with Gasteiger partial charge >= 0.3 is 12.0 Å². The minimum absolute atomic E-state index is 0.0732. The second-order valence-electron chi connectivity index (χ2n) is 6.64. The monoisotopic (exact) mass is 298 g/mol. The molecule has 1 saturated carbocycles. The van der Waals surface area contributed by atoms with Crippen molar-refractivity contribution < 1.29 is 14.7 Å². The van der Waals surface area contributed by atoms with Gasteiger partial charge in [-0.15, -0.1) is 0 Å². The summed E-state index contributed by atoms with van der Waals surface area (Å²) in [4.78, 5) is 25.8. The number of carboxylic acid groups (broad SMARTS) is 1. The van der Waals surface area contributed by atoms with Crippen LogP contribution in [-0.2, 0) is 4.79 Å². The zero-order valence-corrected chi connectivity index (χ0v) is 13.8. The lowest BCUT2D eigenvalue weighted by Gasteiger charge is -2.32. The van der Waals surface area contributed by atoms with Crippen LogP contribution in [0.3, 0.4) is 0 Å². The zero-order chi connectivity index (χ0) is 16.0. The lowest BCUT2D eigenvalue weighted by Crippen LogP contribution is -2.53. The summed E-state index contributed by atoms with van der Waals surface area (Å²) in [6, 6.07) is -0.763. The van der Waals surface area contributed by atoms with Gasteiger partial charge in [0, 0.05) is 12.6 Å². The Balaban J connectivity index is 2.76. The van der Waals surface area contributed by atoms with E-state index in [9.17, 15) is 14.7 Å². The van der Waals surface area contributed by atoms with Crippen LogP contribution in [0, 0.1) is 11.8 Å². The molecule has 0 aromatic rings. The molecule has 21 heavy (non-hydrogen) atoms. The van der Waals surface area contributed by atoms with Gasteiger partial charge in [0.05, 0.1) is 0 Å². The second kappa shape index (κ2) is 8.25. The van der Waals surface area contributed by atoms with Crippen LogP contribution in [0.5, 0.6) is 0 Å². The number of carbonyl (C=O) groups excluding carboxylic acids is 1. The molecule has 5 heteroatoms. The summed E-state index contributed by atoms with van der Waals surface area (Å²) >= 11 is 0. The first-order valence-electron chi connectivity index (χ1n) is 8.16. The topological polar surface area (TPSA) is 69.6 Å². The number of rotatable bonds is 7. The Labute approximate surface area is 128 Å². The summed E-state index contributed by atoms with van der Waals surface area (Å²) in [5.74, 6) is -0.646. The number of urea groups is 1. The van der Waals surface area contributed by atoms with Crippen molar-refractivity contribution in [3.63, 3.8) is 0 Å². The fraction of sp³-hybridized carbons (Fsp3) is 0.875. The minimum atomic E-state index is -0.950. The van der Waals surface area contributed by atoms with Gasteiger partial charge < -0.3 is 15.3 Å². The molecule has 2 atom stereocenters. The molecule has 0 aliphatic heterocycles. The SMILES string of the molecule is CC[C@H](C)[C@H](NC(=O)N(CC(C)C)C1CCCC1)C(=O)O. The lowest BCUT2D eigenvalue weighted by atomic mass is 9.99. The molecule has 5 nitrogen and oxygen atoms in total. The van der Waals surface area contributed by atoms with E-state index in [0.29, 0.717) is 12.5 Å². The van der Waals surface area contributed by atoms with Crippen molar-refractivity contribution in [3.05, 3.63) is 0 Å². The van der Waals surface area contributed by atoms with E-state index < -0.39 is 12.0 Å². The van der Waals surface area contributed by atoms with Crippen LogP contribution in [-0.4, -0.2) is 40.6 Å². The van der Waals surface area contributed by atoms with E-state index in [-0.39, 0.29) is 18.0 Å². The van der Waals surface area contributed by atoms with E-state index in [4.69, 9.17) is 0 Å². The standard InChI is InChI=1S/C16H30N2O3/c1-5-12(4)14(15(19)20)17-16(21)18(10-11(2)3)13-8-6-7-9-13/h11-14H,5-10H2,1-4H3,(H,17,21)(H,19,20)/t12-,14-/m0/s1. The molecule has 0 radical (unpaired) electrons. The number of carbonyl (C=O) groups is 2. The molecule has 0 spiro atoms. The summed E-state index contributed by atoms with van der Waals surface area (Å²) in [7, 11) is 0. The maximum atomic E-state index is 12.6. The molecule has 2 amide bonds. The molecule has 1 fully saturated rings. The molecule has 2 N–H and O–H groups in total. The Bertz CT molecular complexity index is 351. The third-order valence-electron chi connectivity index (χ3n) is 4.35. The van der Waals surface area contributed by atoms with Crippen LogP contribution in [0.4, 0.5) is 4.79 Å². The molecule has 0 aromatic carbocycles. The average Bonchev–Trinajstić information content (AvgIpc) is 2.94. The first-order valence-corrected chi connectivity index (χ1v) is 8.16. The van der Waals surface area contributed by atoms with Gasteiger partial charge in [0.25, 0.3) is 0 Å². The van der Waals surface area contributed by atoms with E-state index in [1.165, 1.54) is 0 Å². The first kappa shape index (κ1) is 17.8. The Hall–Kier alpha value is -1.26. The summed E-state index contributed by atoms with van der Waals surface area (Å²) in [6.45, 7) is 8.65. The van der Waals surface area contributed by atoms with E-state index >= 15 is 0 Å². The van der Waals surface area contributed by atoms with Gasteiger partial charge in [0.1, 0.15) is 6.04 Å². The van der Waals surface area contributed by atoms with Crippen LogP contribution < -0.4 is 5.32 Å². The van der Waals surface area contributed by atoms with Gasteiger partial charge in [0.2, 0.25) is 0 Å². The van der Waals surface area contributed by atoms with Crippen LogP contribution in [0.1, 0.15) is 59.8 Å². The van der Waals surface area contributed by atoms with Crippen molar-refractivity contribution in [1.82, 2.24) is 10.2 Å². The summed E-state index contributed by atoms with van der Waals surface area (Å²) < 4.78 is 0. The molecule has 0 bridgehead atoms. The summed E-state index contributed by atoms with van der Waals surface area (Å²) in [5, 5.41) is 12.1. The molecular formula is C16H30N2O3. The van der Waals surface area contributed by atoms with Gasteiger partial charge in [0.15, 0.2) is 0 Å². The lowest BCUT2D eigenvalue weighted by molar-refractivity contribution is -0.140. The maximum Gasteiger partial charge on any atom is 0.326 e. The number of nitrogens with one attached hydrogen (secondary N) is 1. The average molecular weight is 298 g/mol. The minimum Gasteiger partial charge on any atom is -0.480 e. The van der Waals surface area contributed by atoms with Gasteiger partial charge in [-0.1, -0.05) is 47.0 Å². The molecule has 122 valence electrons. The highest BCUT2D eigenvalue weighted by molar-refractivity contribution is 5.83. The highest BCUT2D eigenvalue weighted by atomic mass is 16.4. The molecule has 0 saturated heterocycles. The molecule has 0 heterocycles. The van der Waals surface area contributed by atoms with Gasteiger partial charge in [-0.25, -0.2) is 9.59 Å². The van der Waals surface area contributed by atoms with E-state index in [1.807, 2.05) is 18.7 Å². The van der Waals surface area contributed by atoms with Crippen molar-refractivity contribution in [2.45, 2.75) is 71.9 Å². The van der Waals surface area contributed by atoms with Crippen LogP contribution >= 0.6 is 0 Å². The Morgan fingerprint density at radius 3 is 2.24 bits per heavy atom. The molecule has 1 rings (SSSR count). The third kappa shape index (κ3) is 5.21. The van der Waals surface area contributed by atoms with Crippen molar-refractivity contribution in [2.24, 2.45) is 11.8 Å². The predicted molar refractivity (Wildman–Crippen MR) is 83.2 cm³/mol. The highest BCUT2D eigenvalue weighted by Crippen LogP contribution is 2.24. The number of hydrogen-bond acceptors (Lipinski definition) is 2. The van der Waals surface area contributed by atoms with E-state index in [1.54, 1.807) is 0 Å². The van der Waals surface area contributed by atoms with Crippen molar-refractivity contribution in [3.8, 4) is 0 Å². The number of amides is 2. The van der Waals surface area contributed by atoms with Gasteiger partial charge in [-0.05, 0) is 24.7 Å². The second-order valence-corrected chi connectivity index (χ2v) is 6.64. The van der Waals surface area contributed by atoms with Crippen LogP contribution in [0.2, 0.25) is 0 Å². The molecule has 0 aromatic heterocycles. The smallest absolute Gasteiger partial charge is 0.326 e. The quantitative estimate of drug-likeness (QED) is 0.759. The third-order valence-corrected chi connectivity index (χ3v) is 4.35. The highest BCUT2D eigenvalue weighted by Gasteiger charge is 2.31. The largest absolute Gasteiger partial charge is 0.480 e. The molecule has 0 unspecified atom stereocenters. The van der Waals surface area contributed by atoms with Crippen LogP contribution in [0.25, 0.3) is 0 Å². The summed E-state index contributed by atoms with van der Waals surface area (Å²) in [6.07, 6.45) is 5.09. The maximum absolute atomic E-state index is 12.6. The molecular weight excluding hydrogens is 268 g/mol. The Morgan fingerprint density at radius 1 is 1.24 bits per heavy atom. The number of carboxylic acids is 1. The van der Waals surface area contributed by atoms with Crippen molar-refractivity contribution in [2.75, 3.05) is 6.54 Å². The predicted octanol–water partition coefficient (Wildman–Crippen LogP) is 3.10. The fourth-order valence-electron chi connectivity index (χ4n) is 2.91. The Kier molecular flexibility index (Phi) is 6.99. The normalized spacial score (nSPS) is 18.5. The number of aliphatic carboxylic acids is 1. The van der Waals surface area contributed by atoms with Crippen molar-refractivity contribution in [1.29, 1.82) is 0 Å². The number of nitrogens with zero attached hydrogens (tertiary/aromatic N) is 1. The van der Waals surface area contributed by atoms with Gasteiger partial charge in [-0.3, -0.25) is 0 Å². The van der Waals surface area contributed by atoms with Gasteiger partial charge in [-0.2, -0.15) is 0 Å². The van der Waals surface area contributed by atoms with E-state index in [2.05, 4.69) is 19.2 Å². The van der Waals surface area contributed by atoms with E-state index in [0.717, 1.165) is 32.1 Å². The fourth-order valence-corrected chi connectivity index (χ4v) is 2.91. The van der Waals surface area contributed by atoms with Crippen LogP contribution in [0.15, 0.2) is 0 Å². The van der Waals surface area contributed by atoms with Crippen molar-refractivity contribution >= 4 is 12.0 Å². The number of hydrogen-bond donors (Lipinski definition) is 2. The zero-order valence-electron chi connectivity index (χ0n) is 13.8. The molecule has 1 aliphatic rings. The molecule has 1 aliphatic carbocycles. The summed E-state index contributed by atoms with van der Waals surface area (Å²) in [5.41, 5.74) is 0.